The smallest absolute Gasteiger partial charge is 0.0852 e. The van der Waals surface area contributed by atoms with E-state index in [9.17, 15) is 0 Å². The summed E-state index contributed by atoms with van der Waals surface area (Å²) in [5, 5.41) is 0. The fraction of sp³-hybridized carbons (Fsp3) is 0.513. The molecule has 0 atom stereocenters. The maximum atomic E-state index is 5.29. The van der Waals surface area contributed by atoms with E-state index in [1.54, 1.807) is 0 Å². The van der Waals surface area contributed by atoms with E-state index >= 15 is 0 Å². The molecule has 43 heavy (non-hydrogen) atoms. The number of unbranched alkanes of at least 4 members (excludes halogenated alkanes) is 10. The number of nitrogens with zero attached hydrogens (tertiary/aromatic N) is 3. The van der Waals surface area contributed by atoms with Crippen LogP contribution in [0.25, 0.3) is 0 Å². The van der Waals surface area contributed by atoms with Crippen LogP contribution in [-0.4, -0.2) is 16.4 Å². The fourth-order valence-corrected chi connectivity index (χ4v) is 5.62. The summed E-state index contributed by atoms with van der Waals surface area (Å²) in [6.45, 7) is 13.2. The third kappa shape index (κ3) is 12.2. The summed E-state index contributed by atoms with van der Waals surface area (Å²) in [5.74, 6) is 0. The molecule has 0 fully saturated rings. The number of hydrogen-bond acceptors (Lipinski definition) is 3. The van der Waals surface area contributed by atoms with Crippen molar-refractivity contribution in [3.63, 3.8) is 0 Å². The predicted octanol–water partition coefficient (Wildman–Crippen LogP) is 12.1. The van der Waals surface area contributed by atoms with E-state index in [1.807, 2.05) is 0 Å². The fourth-order valence-electron chi connectivity index (χ4n) is 5.62. The van der Waals surface area contributed by atoms with Gasteiger partial charge in [0.05, 0.1) is 34.2 Å². The zero-order valence-corrected chi connectivity index (χ0v) is 28.9. The molecule has 0 saturated heterocycles. The second kappa shape index (κ2) is 20.4. The maximum absolute atomic E-state index is 5.29. The molecule has 0 spiro atoms. The summed E-state index contributed by atoms with van der Waals surface area (Å²) in [6.07, 6.45) is 17.1. The van der Waals surface area contributed by atoms with Crippen LogP contribution in [-0.2, 0) is 17.1 Å². The molecule has 1 aromatic heterocycles. The third-order valence-electron chi connectivity index (χ3n) is 8.25. The van der Waals surface area contributed by atoms with Gasteiger partial charge in [-0.05, 0) is 87.8 Å². The molecule has 0 amide bonds. The van der Waals surface area contributed by atoms with Crippen LogP contribution in [0.4, 0.5) is 11.4 Å². The number of aryl methyl sites for hydroxylation is 4. The molecule has 1 heterocycles. The van der Waals surface area contributed by atoms with E-state index in [4.69, 9.17) is 15.0 Å². The van der Waals surface area contributed by atoms with Gasteiger partial charge in [0, 0.05) is 17.1 Å². The first kappa shape index (κ1) is 36.6. The van der Waals surface area contributed by atoms with Crippen molar-refractivity contribution >= 4 is 22.8 Å². The number of aromatic nitrogens is 1. The average Bonchev–Trinajstić information content (AvgIpc) is 2.98. The molecule has 2 aromatic carbocycles. The SMILES string of the molecule is CCCCCCCCC(=Nc1c(C)cccc1C)c1cccc(C(CCCCCCCC)=Nc2c(C)cccc2C)n1.[Fe]. The van der Waals surface area contributed by atoms with Gasteiger partial charge in [0.1, 0.15) is 0 Å². The van der Waals surface area contributed by atoms with Crippen molar-refractivity contribution in [1.29, 1.82) is 0 Å². The molecule has 0 radical (unpaired) electrons. The molecular weight excluding hydrogens is 566 g/mol. The van der Waals surface area contributed by atoms with E-state index in [-0.39, 0.29) is 17.1 Å². The van der Waals surface area contributed by atoms with E-state index in [0.717, 1.165) is 59.9 Å². The first-order valence-electron chi connectivity index (χ1n) is 16.7. The number of hydrogen-bond donors (Lipinski definition) is 0. The summed E-state index contributed by atoms with van der Waals surface area (Å²) >= 11 is 0. The molecule has 0 aliphatic rings. The molecule has 0 saturated carbocycles. The topological polar surface area (TPSA) is 37.6 Å². The summed E-state index contributed by atoms with van der Waals surface area (Å²) in [7, 11) is 0. The Bertz CT molecular complexity index is 1170. The van der Waals surface area contributed by atoms with E-state index in [2.05, 4.69) is 96.1 Å². The van der Waals surface area contributed by atoms with Gasteiger partial charge in [-0.25, -0.2) is 4.98 Å². The Balaban J connectivity index is 0.00000645. The Kier molecular flexibility index (Phi) is 17.4. The molecule has 3 nitrogen and oxygen atoms in total. The standard InChI is InChI=1S/C39H55N3.Fe/c1-7-9-11-13-15-17-26-36(41-38-30(3)22-19-23-31(38)4)34-28-21-29-35(40-34)37(27-18-16-14-12-10-8-2)42-39-32(5)24-20-25-33(39)6;/h19-25,28-29H,7-18,26-27H2,1-6H3;. The van der Waals surface area contributed by atoms with Crippen molar-refractivity contribution in [2.24, 2.45) is 9.98 Å². The van der Waals surface area contributed by atoms with Crippen molar-refractivity contribution in [3.05, 3.63) is 88.2 Å². The monoisotopic (exact) mass is 621 g/mol. The molecule has 0 bridgehead atoms. The Morgan fingerprint density at radius 3 is 1.19 bits per heavy atom. The van der Waals surface area contributed by atoms with Crippen molar-refractivity contribution in [2.75, 3.05) is 0 Å². The van der Waals surface area contributed by atoms with Crippen LogP contribution in [0.5, 0.6) is 0 Å². The van der Waals surface area contributed by atoms with Gasteiger partial charge in [-0.2, -0.15) is 0 Å². The van der Waals surface area contributed by atoms with Gasteiger partial charge in [0.2, 0.25) is 0 Å². The molecule has 0 N–H and O–H groups in total. The molecule has 3 aromatic rings. The Morgan fingerprint density at radius 2 is 0.814 bits per heavy atom. The molecule has 234 valence electrons. The summed E-state index contributed by atoms with van der Waals surface area (Å²) in [6, 6.07) is 19.3. The molecule has 0 aliphatic carbocycles. The zero-order valence-electron chi connectivity index (χ0n) is 27.8. The van der Waals surface area contributed by atoms with Crippen LogP contribution in [0, 0.1) is 27.7 Å². The molecule has 4 heteroatoms. The van der Waals surface area contributed by atoms with Gasteiger partial charge in [-0.15, -0.1) is 0 Å². The van der Waals surface area contributed by atoms with Gasteiger partial charge in [0.25, 0.3) is 0 Å². The van der Waals surface area contributed by atoms with Crippen molar-refractivity contribution < 1.29 is 17.1 Å². The number of pyridine rings is 1. The van der Waals surface area contributed by atoms with Gasteiger partial charge >= 0.3 is 0 Å². The second-order valence-electron chi connectivity index (χ2n) is 12.0. The number of aliphatic imine (C=N–C) groups is 2. The van der Waals surface area contributed by atoms with Gasteiger partial charge in [-0.3, -0.25) is 9.98 Å². The number of para-hydroxylation sites is 2. The van der Waals surface area contributed by atoms with Gasteiger partial charge < -0.3 is 0 Å². The summed E-state index contributed by atoms with van der Waals surface area (Å²) in [5.41, 5.74) is 11.2. The minimum Gasteiger partial charge on any atom is -0.251 e. The molecular formula is C39H55FeN3. The summed E-state index contributed by atoms with van der Waals surface area (Å²) in [4.78, 5) is 15.9. The van der Waals surface area contributed by atoms with E-state index in [0.29, 0.717) is 0 Å². The Labute approximate surface area is 273 Å². The first-order valence-corrected chi connectivity index (χ1v) is 16.7. The molecule has 3 rings (SSSR count). The Morgan fingerprint density at radius 1 is 0.488 bits per heavy atom. The average molecular weight is 622 g/mol. The van der Waals surface area contributed by atoms with E-state index < -0.39 is 0 Å². The maximum Gasteiger partial charge on any atom is 0.0852 e. The van der Waals surface area contributed by atoms with Crippen molar-refractivity contribution in [3.8, 4) is 0 Å². The largest absolute Gasteiger partial charge is 0.251 e. The van der Waals surface area contributed by atoms with Crippen LogP contribution < -0.4 is 0 Å². The minimum atomic E-state index is 0. The van der Waals surface area contributed by atoms with Crippen LogP contribution in [0.2, 0.25) is 0 Å². The quantitative estimate of drug-likeness (QED) is 0.0791. The number of rotatable bonds is 18. The van der Waals surface area contributed by atoms with E-state index in [1.165, 1.54) is 86.5 Å². The van der Waals surface area contributed by atoms with Crippen molar-refractivity contribution in [2.45, 2.75) is 131 Å². The summed E-state index contributed by atoms with van der Waals surface area (Å²) < 4.78 is 0. The molecule has 0 aliphatic heterocycles. The van der Waals surface area contributed by atoms with Crippen LogP contribution >= 0.6 is 0 Å². The predicted molar refractivity (Wildman–Crippen MR) is 184 cm³/mol. The van der Waals surface area contributed by atoms with Crippen LogP contribution in [0.1, 0.15) is 137 Å². The van der Waals surface area contributed by atoms with Crippen molar-refractivity contribution in [1.82, 2.24) is 4.98 Å². The molecule has 0 unspecified atom stereocenters. The van der Waals surface area contributed by atoms with Gasteiger partial charge in [-0.1, -0.05) is 121 Å². The van der Waals surface area contributed by atoms with Gasteiger partial charge in [0.15, 0.2) is 0 Å². The number of benzene rings is 2. The normalized spacial score (nSPS) is 12.0. The minimum absolute atomic E-state index is 0. The van der Waals surface area contributed by atoms with Crippen LogP contribution in [0.3, 0.4) is 0 Å². The second-order valence-corrected chi connectivity index (χ2v) is 12.0. The zero-order chi connectivity index (χ0) is 30.2. The van der Waals surface area contributed by atoms with Crippen LogP contribution in [0.15, 0.2) is 64.6 Å². The first-order chi connectivity index (χ1) is 20.4. The Hall–Kier alpha value is -2.55. The third-order valence-corrected chi connectivity index (χ3v) is 8.25.